The van der Waals surface area contributed by atoms with E-state index in [4.69, 9.17) is 14.7 Å². The molecule has 0 spiro atoms. The minimum Gasteiger partial charge on any atom is -0.479 e. The minimum absolute atomic E-state index is 0.183. The highest BCUT2D eigenvalue weighted by Crippen LogP contribution is 2.23. The average Bonchev–Trinajstić information content (AvgIpc) is 2.64. The molecule has 0 bridgehead atoms. The third-order valence-corrected chi connectivity index (χ3v) is 5.17. The van der Waals surface area contributed by atoms with Crippen LogP contribution in [0, 0.1) is 19.8 Å². The molecule has 1 heterocycles. The van der Waals surface area contributed by atoms with Crippen LogP contribution in [0.1, 0.15) is 73.0 Å². The smallest absolute Gasteiger partial charge is 0.344 e. The lowest BCUT2D eigenvalue weighted by Crippen LogP contribution is -2.25. The molecule has 0 radical (unpaired) electrons. The zero-order valence-corrected chi connectivity index (χ0v) is 18.4. The van der Waals surface area contributed by atoms with Gasteiger partial charge in [-0.25, -0.2) is 9.59 Å². The van der Waals surface area contributed by atoms with Crippen molar-refractivity contribution in [3.05, 3.63) is 46.5 Å². The van der Waals surface area contributed by atoms with Gasteiger partial charge < -0.3 is 14.7 Å². The predicted molar refractivity (Wildman–Crippen MR) is 117 cm³/mol. The number of carboxylic acids is 1. The Morgan fingerprint density at radius 1 is 1.27 bits per heavy atom. The van der Waals surface area contributed by atoms with Crippen molar-refractivity contribution in [2.24, 2.45) is 11.1 Å². The van der Waals surface area contributed by atoms with Gasteiger partial charge in [-0.1, -0.05) is 48.9 Å². The lowest BCUT2D eigenvalue weighted by atomic mass is 9.93. The summed E-state index contributed by atoms with van der Waals surface area (Å²) in [6.45, 7) is 7.54. The number of carbonyl (C=O) groups is 2. The van der Waals surface area contributed by atoms with Crippen LogP contribution in [0.15, 0.2) is 29.4 Å². The van der Waals surface area contributed by atoms with Crippen LogP contribution in [0.2, 0.25) is 0 Å². The molecule has 0 saturated heterocycles. The molecule has 1 aliphatic heterocycles. The van der Waals surface area contributed by atoms with Crippen LogP contribution >= 0.6 is 0 Å². The monoisotopic (exact) mass is 415 g/mol. The Balaban J connectivity index is 2.41. The largest absolute Gasteiger partial charge is 0.479 e. The van der Waals surface area contributed by atoms with Gasteiger partial charge in [-0.3, -0.25) is 0 Å². The molecule has 1 atom stereocenters. The first-order valence-electron chi connectivity index (χ1n) is 10.6. The van der Waals surface area contributed by atoms with E-state index in [1.807, 2.05) is 26.0 Å². The fourth-order valence-corrected chi connectivity index (χ4v) is 3.64. The summed E-state index contributed by atoms with van der Waals surface area (Å²) >= 11 is 0. The first kappa shape index (κ1) is 23.6. The molecule has 2 rings (SSSR count). The van der Waals surface area contributed by atoms with E-state index in [1.54, 1.807) is 0 Å². The lowest BCUT2D eigenvalue weighted by Gasteiger charge is -2.22. The molecule has 6 nitrogen and oxygen atoms in total. The zero-order chi connectivity index (χ0) is 22.1. The Labute approximate surface area is 178 Å². The molecule has 1 aromatic rings. The maximum absolute atomic E-state index is 13.1. The van der Waals surface area contributed by atoms with E-state index in [9.17, 15) is 9.59 Å². The minimum atomic E-state index is -1.07. The van der Waals surface area contributed by atoms with E-state index < -0.39 is 12.6 Å². The standard InChI is InChI=1S/C24H33NO5/c1-16(2)21-11-9-7-5-6-8-10-20(25-29-15-22(26)27)14-19-13-17(3)12-18(4)23(19)24(28)30-21/h7,9,12-13,16,21H,5-6,8,10-11,14-15H2,1-4H3,(H,26,27)/b9-7+,25-20+/t21-/m0/s1. The topological polar surface area (TPSA) is 85.2 Å². The average molecular weight is 416 g/mol. The summed E-state index contributed by atoms with van der Waals surface area (Å²) in [5.41, 5.74) is 4.06. The molecular formula is C24H33NO5. The van der Waals surface area contributed by atoms with Gasteiger partial charge in [0.1, 0.15) is 6.10 Å². The van der Waals surface area contributed by atoms with Crippen LogP contribution in [0.5, 0.6) is 0 Å². The van der Waals surface area contributed by atoms with E-state index in [0.717, 1.165) is 41.7 Å². The molecule has 1 N–H and O–H groups in total. The predicted octanol–water partition coefficient (Wildman–Crippen LogP) is 5.00. The number of fused-ring (bicyclic) bond motifs is 1. The molecule has 1 aliphatic rings. The maximum Gasteiger partial charge on any atom is 0.344 e. The highest BCUT2D eigenvalue weighted by Gasteiger charge is 2.23. The van der Waals surface area contributed by atoms with Crippen LogP contribution in [0.4, 0.5) is 0 Å². The number of aryl methyl sites for hydroxylation is 2. The second kappa shape index (κ2) is 11.5. The number of carbonyl (C=O) groups excluding carboxylic acids is 1. The van der Waals surface area contributed by atoms with Gasteiger partial charge in [0.25, 0.3) is 0 Å². The Morgan fingerprint density at radius 3 is 2.73 bits per heavy atom. The Morgan fingerprint density at radius 2 is 2.03 bits per heavy atom. The van der Waals surface area contributed by atoms with Crippen molar-refractivity contribution in [3.63, 3.8) is 0 Å². The van der Waals surface area contributed by atoms with E-state index in [1.165, 1.54) is 0 Å². The van der Waals surface area contributed by atoms with E-state index >= 15 is 0 Å². The van der Waals surface area contributed by atoms with Crippen LogP contribution in [-0.4, -0.2) is 35.5 Å². The summed E-state index contributed by atoms with van der Waals surface area (Å²) in [6, 6.07) is 3.96. The summed E-state index contributed by atoms with van der Waals surface area (Å²) in [5.74, 6) is -1.18. The molecular weight excluding hydrogens is 382 g/mol. The Bertz CT molecular complexity index is 810. The second-order valence-corrected chi connectivity index (χ2v) is 8.26. The number of rotatable bonds is 4. The highest BCUT2D eigenvalue weighted by molar-refractivity contribution is 5.96. The van der Waals surface area contributed by atoms with Gasteiger partial charge in [0.05, 0.1) is 11.3 Å². The third kappa shape index (κ3) is 7.32. The first-order chi connectivity index (χ1) is 14.3. The van der Waals surface area contributed by atoms with Gasteiger partial charge in [-0.05, 0) is 56.6 Å². The number of hydrogen-bond donors (Lipinski definition) is 1. The molecule has 0 saturated carbocycles. The zero-order valence-electron chi connectivity index (χ0n) is 18.4. The van der Waals surface area contributed by atoms with Gasteiger partial charge in [0.2, 0.25) is 6.61 Å². The molecule has 0 aliphatic carbocycles. The molecule has 164 valence electrons. The number of oxime groups is 1. The van der Waals surface area contributed by atoms with Crippen molar-refractivity contribution in [2.75, 3.05) is 6.61 Å². The van der Waals surface area contributed by atoms with Crippen LogP contribution < -0.4 is 0 Å². The molecule has 1 aromatic carbocycles. The van der Waals surface area contributed by atoms with Gasteiger partial charge in [0, 0.05) is 12.8 Å². The SMILES string of the molecule is Cc1cc(C)c2c(c1)C/C(=N/OCC(=O)O)CCCC/C=C/C[C@@H](C(C)C)OC2=O. The van der Waals surface area contributed by atoms with Gasteiger partial charge >= 0.3 is 11.9 Å². The fraction of sp³-hybridized carbons (Fsp3) is 0.542. The van der Waals surface area contributed by atoms with Crippen LogP contribution in [0.3, 0.4) is 0 Å². The molecule has 30 heavy (non-hydrogen) atoms. The number of aliphatic carboxylic acids is 1. The van der Waals surface area contributed by atoms with Gasteiger partial charge in [-0.2, -0.15) is 0 Å². The Kier molecular flexibility index (Phi) is 9.09. The van der Waals surface area contributed by atoms with E-state index in [-0.39, 0.29) is 18.0 Å². The maximum atomic E-state index is 13.1. The van der Waals surface area contributed by atoms with E-state index in [2.05, 4.69) is 31.2 Å². The van der Waals surface area contributed by atoms with Crippen molar-refractivity contribution in [2.45, 2.75) is 72.3 Å². The molecule has 0 amide bonds. The normalized spacial score (nSPS) is 20.9. The number of cyclic esters (lactones) is 1. The molecule has 0 aromatic heterocycles. The number of benzene rings is 1. The van der Waals surface area contributed by atoms with Crippen LogP contribution in [-0.2, 0) is 20.8 Å². The van der Waals surface area contributed by atoms with Crippen molar-refractivity contribution < 1.29 is 24.3 Å². The summed E-state index contributed by atoms with van der Waals surface area (Å²) in [6.07, 6.45) is 8.72. The molecule has 0 unspecified atom stereocenters. The Hall–Kier alpha value is -2.63. The summed E-state index contributed by atoms with van der Waals surface area (Å²) in [5, 5.41) is 12.9. The third-order valence-electron chi connectivity index (χ3n) is 5.17. The van der Waals surface area contributed by atoms with Crippen molar-refractivity contribution in [3.8, 4) is 0 Å². The highest BCUT2D eigenvalue weighted by atomic mass is 16.6. The first-order valence-corrected chi connectivity index (χ1v) is 10.6. The summed E-state index contributed by atoms with van der Waals surface area (Å²) in [7, 11) is 0. The van der Waals surface area contributed by atoms with Gasteiger partial charge in [0.15, 0.2) is 0 Å². The quantitative estimate of drug-likeness (QED) is 0.425. The second-order valence-electron chi connectivity index (χ2n) is 8.26. The van der Waals surface area contributed by atoms with Crippen LogP contribution in [0.25, 0.3) is 0 Å². The van der Waals surface area contributed by atoms with E-state index in [0.29, 0.717) is 24.8 Å². The molecule has 6 heteroatoms. The number of allylic oxidation sites excluding steroid dienone is 1. The summed E-state index contributed by atoms with van der Waals surface area (Å²) < 4.78 is 5.91. The summed E-state index contributed by atoms with van der Waals surface area (Å²) in [4.78, 5) is 28.9. The molecule has 0 fully saturated rings. The number of carboxylic acid groups (broad SMARTS) is 1. The fourth-order valence-electron chi connectivity index (χ4n) is 3.64. The van der Waals surface area contributed by atoms with Crippen molar-refractivity contribution in [1.29, 1.82) is 0 Å². The number of esters is 1. The number of ether oxygens (including phenoxy) is 1. The van der Waals surface area contributed by atoms with Gasteiger partial charge in [-0.15, -0.1) is 0 Å². The van der Waals surface area contributed by atoms with Crippen molar-refractivity contribution >= 4 is 17.7 Å². The number of hydrogen-bond acceptors (Lipinski definition) is 5. The number of nitrogens with zero attached hydrogens (tertiary/aromatic N) is 1. The lowest BCUT2D eigenvalue weighted by molar-refractivity contribution is -0.142. The van der Waals surface area contributed by atoms with Crippen molar-refractivity contribution in [1.82, 2.24) is 0 Å².